The van der Waals surface area contributed by atoms with Crippen molar-refractivity contribution in [2.75, 3.05) is 43.0 Å². The number of anilines is 2. The lowest BCUT2D eigenvalue weighted by Crippen LogP contribution is -2.48. The Balaban J connectivity index is 1.35. The minimum Gasteiger partial charge on any atom is -0.494 e. The number of amides is 2. The van der Waals surface area contributed by atoms with Crippen LogP contribution in [0, 0.1) is 5.92 Å². The smallest absolute Gasteiger partial charge is 0.227 e. The van der Waals surface area contributed by atoms with E-state index < -0.39 is 0 Å². The fourth-order valence-corrected chi connectivity index (χ4v) is 5.22. The molecule has 0 radical (unpaired) electrons. The summed E-state index contributed by atoms with van der Waals surface area (Å²) in [5.74, 6) is 0.968. The second-order valence-corrected chi connectivity index (χ2v) is 8.81. The number of piperazine rings is 1. The zero-order valence-corrected chi connectivity index (χ0v) is 18.3. The lowest BCUT2D eigenvalue weighted by molar-refractivity contribution is -0.129. The number of fused-ring (bicyclic) bond motifs is 1. The maximum Gasteiger partial charge on any atom is 0.227 e. The SMILES string of the molecule is CCOc1ccc(NC(=O)C2CCc3nc(N4CCN(C(C)=O)CC4)sc3C2)cc1. The minimum atomic E-state index is -0.0353. The number of nitrogens with one attached hydrogen (secondary N) is 1. The lowest BCUT2D eigenvalue weighted by Gasteiger charge is -2.33. The van der Waals surface area contributed by atoms with E-state index >= 15 is 0 Å². The number of ether oxygens (including phenoxy) is 1. The maximum absolute atomic E-state index is 12.8. The second-order valence-electron chi connectivity index (χ2n) is 7.75. The molecule has 0 saturated carbocycles. The van der Waals surface area contributed by atoms with Gasteiger partial charge in [0.25, 0.3) is 0 Å². The summed E-state index contributed by atoms with van der Waals surface area (Å²) in [6.07, 6.45) is 2.39. The number of carbonyl (C=O) groups excluding carboxylic acids is 2. The highest BCUT2D eigenvalue weighted by Crippen LogP contribution is 2.35. The van der Waals surface area contributed by atoms with Crippen molar-refractivity contribution < 1.29 is 14.3 Å². The first-order chi connectivity index (χ1) is 14.5. The van der Waals surface area contributed by atoms with Crippen LogP contribution in [0.25, 0.3) is 0 Å². The standard InChI is InChI=1S/C22H28N4O3S/c1-3-29-18-7-5-17(6-8-18)23-21(28)16-4-9-19-20(14-16)30-22(24-19)26-12-10-25(11-13-26)15(2)27/h5-8,16H,3-4,9-14H2,1-2H3,(H,23,28). The van der Waals surface area contributed by atoms with Crippen molar-refractivity contribution in [2.24, 2.45) is 5.92 Å². The molecule has 8 heteroatoms. The third-order valence-corrected chi connectivity index (χ3v) is 6.91. The predicted molar refractivity (Wildman–Crippen MR) is 118 cm³/mol. The van der Waals surface area contributed by atoms with Crippen molar-refractivity contribution in [2.45, 2.75) is 33.1 Å². The third-order valence-electron chi connectivity index (χ3n) is 5.73. The first-order valence-electron chi connectivity index (χ1n) is 10.6. The average molecular weight is 429 g/mol. The summed E-state index contributed by atoms with van der Waals surface area (Å²) < 4.78 is 5.45. The van der Waals surface area contributed by atoms with Crippen LogP contribution in [0.4, 0.5) is 10.8 Å². The third kappa shape index (κ3) is 4.59. The molecule has 1 unspecified atom stereocenters. The molecule has 160 valence electrons. The molecule has 2 heterocycles. The van der Waals surface area contributed by atoms with Crippen LogP contribution >= 0.6 is 11.3 Å². The Labute approximate surface area is 181 Å². The Morgan fingerprint density at radius 2 is 1.93 bits per heavy atom. The fraction of sp³-hybridized carbons (Fsp3) is 0.500. The molecule has 1 saturated heterocycles. The number of rotatable bonds is 5. The molecule has 1 fully saturated rings. The van der Waals surface area contributed by atoms with E-state index in [0.717, 1.165) is 67.7 Å². The summed E-state index contributed by atoms with van der Waals surface area (Å²) in [7, 11) is 0. The molecule has 1 aliphatic heterocycles. The van der Waals surface area contributed by atoms with Gasteiger partial charge in [-0.15, -0.1) is 11.3 Å². The van der Waals surface area contributed by atoms with Crippen LogP contribution in [0.15, 0.2) is 24.3 Å². The molecule has 2 amide bonds. The lowest BCUT2D eigenvalue weighted by atomic mass is 9.90. The van der Waals surface area contributed by atoms with E-state index in [9.17, 15) is 9.59 Å². The topological polar surface area (TPSA) is 74.8 Å². The molecule has 2 aromatic rings. The summed E-state index contributed by atoms with van der Waals surface area (Å²) in [6, 6.07) is 7.50. The fourth-order valence-electron chi connectivity index (χ4n) is 3.98. The van der Waals surface area contributed by atoms with Crippen molar-refractivity contribution in [1.29, 1.82) is 0 Å². The number of hydrogen-bond donors (Lipinski definition) is 1. The molecule has 4 rings (SSSR count). The number of hydrogen-bond acceptors (Lipinski definition) is 6. The number of benzene rings is 1. The van der Waals surface area contributed by atoms with Crippen LogP contribution < -0.4 is 15.0 Å². The van der Waals surface area contributed by atoms with Gasteiger partial charge in [-0.2, -0.15) is 0 Å². The van der Waals surface area contributed by atoms with Crippen LogP contribution in [-0.2, 0) is 22.4 Å². The van der Waals surface area contributed by atoms with Crippen molar-refractivity contribution in [3.05, 3.63) is 34.8 Å². The molecule has 1 atom stereocenters. The Morgan fingerprint density at radius 1 is 1.20 bits per heavy atom. The highest BCUT2D eigenvalue weighted by molar-refractivity contribution is 7.15. The van der Waals surface area contributed by atoms with Gasteiger partial charge in [0, 0.05) is 49.6 Å². The van der Waals surface area contributed by atoms with Gasteiger partial charge in [-0.3, -0.25) is 9.59 Å². The summed E-state index contributed by atoms with van der Waals surface area (Å²) in [5, 5.41) is 4.06. The molecule has 30 heavy (non-hydrogen) atoms. The van der Waals surface area contributed by atoms with E-state index in [-0.39, 0.29) is 17.7 Å². The van der Waals surface area contributed by atoms with E-state index in [2.05, 4.69) is 10.2 Å². The summed E-state index contributed by atoms with van der Waals surface area (Å²) in [6.45, 7) is 7.31. The average Bonchev–Trinajstić information content (AvgIpc) is 3.19. The quantitative estimate of drug-likeness (QED) is 0.793. The molecule has 0 spiro atoms. The number of nitrogens with zero attached hydrogens (tertiary/aromatic N) is 3. The van der Waals surface area contributed by atoms with Gasteiger partial charge in [0.1, 0.15) is 5.75 Å². The highest BCUT2D eigenvalue weighted by Gasteiger charge is 2.29. The van der Waals surface area contributed by atoms with Crippen molar-refractivity contribution in [3.8, 4) is 5.75 Å². The monoisotopic (exact) mass is 428 g/mol. The van der Waals surface area contributed by atoms with Gasteiger partial charge in [-0.1, -0.05) is 0 Å². The largest absolute Gasteiger partial charge is 0.494 e. The van der Waals surface area contributed by atoms with E-state index in [4.69, 9.17) is 9.72 Å². The molecule has 1 aromatic carbocycles. The molecular formula is C22H28N4O3S. The normalized spacial score (nSPS) is 18.7. The number of aryl methyl sites for hydroxylation is 1. The number of aromatic nitrogens is 1. The van der Waals surface area contributed by atoms with Crippen LogP contribution in [-0.4, -0.2) is 54.5 Å². The molecule has 0 bridgehead atoms. The molecule has 1 aliphatic carbocycles. The van der Waals surface area contributed by atoms with Crippen molar-refractivity contribution >= 4 is 34.0 Å². The maximum atomic E-state index is 12.8. The summed E-state index contributed by atoms with van der Waals surface area (Å²) in [4.78, 5) is 34.5. The van der Waals surface area contributed by atoms with E-state index in [1.165, 1.54) is 4.88 Å². The van der Waals surface area contributed by atoms with Gasteiger partial charge < -0.3 is 19.9 Å². The summed E-state index contributed by atoms with van der Waals surface area (Å²) >= 11 is 1.70. The molecule has 1 N–H and O–H groups in total. The van der Waals surface area contributed by atoms with Gasteiger partial charge in [0.05, 0.1) is 12.3 Å². The Morgan fingerprint density at radius 3 is 2.60 bits per heavy atom. The Bertz CT molecular complexity index is 904. The van der Waals surface area contributed by atoms with Crippen molar-refractivity contribution in [1.82, 2.24) is 9.88 Å². The zero-order chi connectivity index (χ0) is 21.1. The molecular weight excluding hydrogens is 400 g/mol. The summed E-state index contributed by atoms with van der Waals surface area (Å²) in [5.41, 5.74) is 1.93. The van der Waals surface area contributed by atoms with E-state index in [1.807, 2.05) is 36.1 Å². The van der Waals surface area contributed by atoms with Crippen LogP contribution in [0.5, 0.6) is 5.75 Å². The molecule has 2 aliphatic rings. The van der Waals surface area contributed by atoms with Gasteiger partial charge in [-0.05, 0) is 50.5 Å². The Kier molecular flexibility index (Phi) is 6.22. The molecule has 1 aromatic heterocycles. The first kappa shape index (κ1) is 20.7. The van der Waals surface area contributed by atoms with Gasteiger partial charge in [0.2, 0.25) is 11.8 Å². The number of carbonyl (C=O) groups is 2. The van der Waals surface area contributed by atoms with Crippen LogP contribution in [0.1, 0.15) is 30.8 Å². The van der Waals surface area contributed by atoms with E-state index in [0.29, 0.717) is 6.61 Å². The van der Waals surface area contributed by atoms with E-state index in [1.54, 1.807) is 18.3 Å². The van der Waals surface area contributed by atoms with Gasteiger partial charge >= 0.3 is 0 Å². The second kappa shape index (κ2) is 9.04. The van der Waals surface area contributed by atoms with Crippen molar-refractivity contribution in [3.63, 3.8) is 0 Å². The van der Waals surface area contributed by atoms with Gasteiger partial charge in [-0.25, -0.2) is 4.98 Å². The van der Waals surface area contributed by atoms with Crippen LogP contribution in [0.3, 0.4) is 0 Å². The Hall–Kier alpha value is -2.61. The first-order valence-corrected chi connectivity index (χ1v) is 11.4. The minimum absolute atomic E-state index is 0.0353. The number of thiazole rings is 1. The van der Waals surface area contributed by atoms with Gasteiger partial charge in [0.15, 0.2) is 5.13 Å². The van der Waals surface area contributed by atoms with Crippen LogP contribution in [0.2, 0.25) is 0 Å². The zero-order valence-electron chi connectivity index (χ0n) is 17.5. The molecule has 7 nitrogen and oxygen atoms in total. The highest BCUT2D eigenvalue weighted by atomic mass is 32.1. The predicted octanol–water partition coefficient (Wildman–Crippen LogP) is 2.95.